The van der Waals surface area contributed by atoms with E-state index in [1.807, 2.05) is 52.0 Å². The SMILES string of the molecule is CCOc1ccccc1N(CC(=O)N(Cc1cccc(C)c1)[C@@H](CC)C(=O)NC(C)C)S(=O)(=O)c1ccccc1. The third-order valence-corrected chi connectivity index (χ3v) is 8.07. The van der Waals surface area contributed by atoms with Crippen molar-refractivity contribution >= 4 is 27.5 Å². The predicted octanol–water partition coefficient (Wildman–Crippen LogP) is 4.92. The van der Waals surface area contributed by atoms with Gasteiger partial charge in [0.25, 0.3) is 10.0 Å². The highest BCUT2D eigenvalue weighted by Gasteiger charge is 2.34. The van der Waals surface area contributed by atoms with E-state index >= 15 is 0 Å². The largest absolute Gasteiger partial charge is 0.492 e. The second kappa shape index (κ2) is 14.0. The molecule has 0 bridgehead atoms. The summed E-state index contributed by atoms with van der Waals surface area (Å²) in [6, 6.07) is 21.5. The summed E-state index contributed by atoms with van der Waals surface area (Å²) in [4.78, 5) is 28.9. The molecule has 1 atom stereocenters. The minimum Gasteiger partial charge on any atom is -0.492 e. The van der Waals surface area contributed by atoms with E-state index in [9.17, 15) is 18.0 Å². The van der Waals surface area contributed by atoms with E-state index in [2.05, 4.69) is 5.32 Å². The van der Waals surface area contributed by atoms with Gasteiger partial charge in [0.05, 0.1) is 17.2 Å². The van der Waals surface area contributed by atoms with Crippen molar-refractivity contribution in [1.82, 2.24) is 10.2 Å². The quantitative estimate of drug-likeness (QED) is 0.317. The van der Waals surface area contributed by atoms with Crippen molar-refractivity contribution in [2.24, 2.45) is 0 Å². The fourth-order valence-electron chi connectivity index (χ4n) is 4.48. The van der Waals surface area contributed by atoms with Gasteiger partial charge in [-0.2, -0.15) is 0 Å². The Morgan fingerprint density at radius 2 is 1.60 bits per heavy atom. The monoisotopic (exact) mass is 565 g/mol. The molecule has 9 heteroatoms. The van der Waals surface area contributed by atoms with Gasteiger partial charge in [-0.05, 0) is 63.9 Å². The molecule has 214 valence electrons. The first kappa shape index (κ1) is 30.7. The van der Waals surface area contributed by atoms with Crippen molar-refractivity contribution in [2.75, 3.05) is 17.5 Å². The Morgan fingerprint density at radius 1 is 0.925 bits per heavy atom. The lowest BCUT2D eigenvalue weighted by Gasteiger charge is -2.34. The number of ether oxygens (including phenoxy) is 1. The molecule has 0 saturated heterocycles. The number of benzene rings is 3. The minimum absolute atomic E-state index is 0.0453. The number of carbonyl (C=O) groups excluding carboxylic acids is 2. The normalized spacial score (nSPS) is 12.1. The number of hydrogen-bond acceptors (Lipinski definition) is 5. The first-order valence-corrected chi connectivity index (χ1v) is 15.0. The maximum absolute atomic E-state index is 14.2. The molecule has 0 fully saturated rings. The standard InChI is InChI=1S/C31H39N3O5S/c1-6-27(31(36)32-23(3)4)33(21-25-15-13-14-24(5)20-25)30(35)22-34(28-18-11-12-19-29(28)39-7-2)40(37,38)26-16-9-8-10-17-26/h8-20,23,27H,6-7,21-22H2,1-5H3,(H,32,36)/t27-/m0/s1. The molecule has 3 rings (SSSR count). The van der Waals surface area contributed by atoms with E-state index in [0.29, 0.717) is 18.8 Å². The van der Waals surface area contributed by atoms with Crippen LogP contribution in [0.5, 0.6) is 5.75 Å². The van der Waals surface area contributed by atoms with Gasteiger partial charge < -0.3 is 15.0 Å². The van der Waals surface area contributed by atoms with E-state index in [0.717, 1.165) is 15.4 Å². The number of nitrogens with zero attached hydrogens (tertiary/aromatic N) is 2. The maximum atomic E-state index is 14.2. The molecule has 0 spiro atoms. The lowest BCUT2D eigenvalue weighted by Crippen LogP contribution is -2.53. The summed E-state index contributed by atoms with van der Waals surface area (Å²) in [5.74, 6) is -0.448. The summed E-state index contributed by atoms with van der Waals surface area (Å²) in [7, 11) is -4.17. The van der Waals surface area contributed by atoms with Crippen LogP contribution in [0.15, 0.2) is 83.8 Å². The Kier molecular flexibility index (Phi) is 10.7. The number of aryl methyl sites for hydroxylation is 1. The molecule has 8 nitrogen and oxygen atoms in total. The van der Waals surface area contributed by atoms with Crippen molar-refractivity contribution in [3.8, 4) is 5.75 Å². The Hall–Kier alpha value is -3.85. The summed E-state index contributed by atoms with van der Waals surface area (Å²) in [5.41, 5.74) is 2.11. The van der Waals surface area contributed by atoms with Gasteiger partial charge in [-0.3, -0.25) is 13.9 Å². The molecule has 0 unspecified atom stereocenters. The minimum atomic E-state index is -4.17. The Labute approximate surface area is 238 Å². The van der Waals surface area contributed by atoms with Crippen LogP contribution < -0.4 is 14.4 Å². The van der Waals surface area contributed by atoms with Crippen molar-refractivity contribution in [3.63, 3.8) is 0 Å². The molecule has 1 N–H and O–H groups in total. The second-order valence-electron chi connectivity index (χ2n) is 9.82. The van der Waals surface area contributed by atoms with Crippen LogP contribution in [0.1, 0.15) is 45.2 Å². The number of sulfonamides is 1. The van der Waals surface area contributed by atoms with E-state index in [1.165, 1.54) is 17.0 Å². The summed E-state index contributed by atoms with van der Waals surface area (Å²) < 4.78 is 34.8. The fourth-order valence-corrected chi connectivity index (χ4v) is 5.93. The lowest BCUT2D eigenvalue weighted by atomic mass is 10.1. The number of rotatable bonds is 13. The second-order valence-corrected chi connectivity index (χ2v) is 11.7. The highest BCUT2D eigenvalue weighted by molar-refractivity contribution is 7.92. The molecule has 0 aliphatic rings. The summed E-state index contributed by atoms with van der Waals surface area (Å²) in [6.45, 7) is 9.26. The number of amides is 2. The fraction of sp³-hybridized carbons (Fsp3) is 0.355. The zero-order chi connectivity index (χ0) is 29.3. The van der Waals surface area contributed by atoms with Crippen molar-refractivity contribution in [3.05, 3.63) is 90.0 Å². The van der Waals surface area contributed by atoms with Crippen LogP contribution in [0.3, 0.4) is 0 Å². The Morgan fingerprint density at radius 3 is 2.23 bits per heavy atom. The van der Waals surface area contributed by atoms with E-state index in [4.69, 9.17) is 4.74 Å². The Balaban J connectivity index is 2.10. The van der Waals surface area contributed by atoms with Gasteiger partial charge in [0.1, 0.15) is 18.3 Å². The first-order chi connectivity index (χ1) is 19.1. The number of hydrogen-bond donors (Lipinski definition) is 1. The number of nitrogens with one attached hydrogen (secondary N) is 1. The first-order valence-electron chi connectivity index (χ1n) is 13.5. The van der Waals surface area contributed by atoms with Crippen LogP contribution in [0.4, 0.5) is 5.69 Å². The molecule has 0 radical (unpaired) electrons. The average Bonchev–Trinajstić information content (AvgIpc) is 2.92. The number of anilines is 1. The molecule has 0 heterocycles. The molecule has 2 amide bonds. The van der Waals surface area contributed by atoms with Crippen LogP contribution in [-0.4, -0.2) is 50.4 Å². The predicted molar refractivity (Wildman–Crippen MR) is 158 cm³/mol. The van der Waals surface area contributed by atoms with Crippen molar-refractivity contribution in [2.45, 2.75) is 64.6 Å². The smallest absolute Gasteiger partial charge is 0.264 e. The van der Waals surface area contributed by atoms with Gasteiger partial charge in [-0.25, -0.2) is 8.42 Å². The third-order valence-electron chi connectivity index (χ3n) is 6.30. The van der Waals surface area contributed by atoms with Crippen molar-refractivity contribution < 1.29 is 22.7 Å². The zero-order valence-electron chi connectivity index (χ0n) is 23.8. The van der Waals surface area contributed by atoms with E-state index < -0.39 is 28.5 Å². The molecule has 3 aromatic rings. The zero-order valence-corrected chi connectivity index (χ0v) is 24.6. The van der Waals surface area contributed by atoms with E-state index in [1.54, 1.807) is 49.4 Å². The molecule has 0 saturated carbocycles. The summed E-state index contributed by atoms with van der Waals surface area (Å²) in [5, 5.41) is 2.91. The van der Waals surface area contributed by atoms with Gasteiger partial charge in [0, 0.05) is 12.6 Å². The molecular formula is C31H39N3O5S. The van der Waals surface area contributed by atoms with Gasteiger partial charge in [0.2, 0.25) is 11.8 Å². The third kappa shape index (κ3) is 7.63. The number of carbonyl (C=O) groups is 2. The van der Waals surface area contributed by atoms with Gasteiger partial charge in [-0.1, -0.05) is 67.1 Å². The molecular weight excluding hydrogens is 526 g/mol. The molecule has 3 aromatic carbocycles. The summed E-state index contributed by atoms with van der Waals surface area (Å²) >= 11 is 0. The Bertz CT molecular complexity index is 1390. The molecule has 40 heavy (non-hydrogen) atoms. The maximum Gasteiger partial charge on any atom is 0.264 e. The number of para-hydroxylation sites is 2. The molecule has 0 aromatic heterocycles. The molecule has 0 aliphatic heterocycles. The van der Waals surface area contributed by atoms with Gasteiger partial charge >= 0.3 is 0 Å². The van der Waals surface area contributed by atoms with Gasteiger partial charge in [-0.15, -0.1) is 0 Å². The van der Waals surface area contributed by atoms with Crippen molar-refractivity contribution in [1.29, 1.82) is 0 Å². The lowest BCUT2D eigenvalue weighted by molar-refractivity contribution is -0.140. The topological polar surface area (TPSA) is 96.0 Å². The van der Waals surface area contributed by atoms with Crippen LogP contribution in [-0.2, 0) is 26.2 Å². The average molecular weight is 566 g/mol. The van der Waals surface area contributed by atoms with Crippen LogP contribution in [0.25, 0.3) is 0 Å². The van der Waals surface area contributed by atoms with E-state index in [-0.39, 0.29) is 29.1 Å². The van der Waals surface area contributed by atoms with Crippen LogP contribution in [0.2, 0.25) is 0 Å². The highest BCUT2D eigenvalue weighted by atomic mass is 32.2. The van der Waals surface area contributed by atoms with Gasteiger partial charge in [0.15, 0.2) is 0 Å². The highest BCUT2D eigenvalue weighted by Crippen LogP contribution is 2.33. The van der Waals surface area contributed by atoms with Crippen LogP contribution >= 0.6 is 0 Å². The summed E-state index contributed by atoms with van der Waals surface area (Å²) in [6.07, 6.45) is 0.358. The van der Waals surface area contributed by atoms with Crippen LogP contribution in [0, 0.1) is 6.92 Å². The molecule has 0 aliphatic carbocycles.